The van der Waals surface area contributed by atoms with E-state index in [2.05, 4.69) is 46.6 Å². The van der Waals surface area contributed by atoms with E-state index in [1.165, 1.54) is 4.90 Å². The van der Waals surface area contributed by atoms with E-state index < -0.39 is 6.04 Å². The molecule has 1 atom stereocenters. The van der Waals surface area contributed by atoms with E-state index in [0.717, 1.165) is 38.7 Å². The molecule has 0 aromatic heterocycles. The molecule has 2 amide bonds. The number of benzene rings is 4. The first-order valence-corrected chi connectivity index (χ1v) is 15.2. The first-order chi connectivity index (χ1) is 20.5. The largest absolute Gasteiger partial charge is 0.353 e. The SMILES string of the molecule is Cc1ccc(C)c(C(=O)NC(Cc2ccccc2)C(=O)N2CCN(C3=Nc4ccccc4Sc4ccccc43)CC2)c1. The topological polar surface area (TPSA) is 65.0 Å². The highest BCUT2D eigenvalue weighted by Crippen LogP contribution is 2.40. The Morgan fingerprint density at radius 2 is 1.52 bits per heavy atom. The van der Waals surface area contributed by atoms with Crippen molar-refractivity contribution < 1.29 is 9.59 Å². The number of hydrogen-bond donors (Lipinski definition) is 1. The monoisotopic (exact) mass is 574 g/mol. The van der Waals surface area contributed by atoms with Crippen LogP contribution in [0.1, 0.15) is 32.6 Å². The van der Waals surface area contributed by atoms with Gasteiger partial charge in [-0.2, -0.15) is 0 Å². The third-order valence-electron chi connectivity index (χ3n) is 7.85. The minimum atomic E-state index is -0.661. The van der Waals surface area contributed by atoms with Crippen molar-refractivity contribution >= 4 is 35.1 Å². The van der Waals surface area contributed by atoms with Crippen LogP contribution in [0.2, 0.25) is 0 Å². The molecule has 1 saturated heterocycles. The lowest BCUT2D eigenvalue weighted by atomic mass is 10.0. The van der Waals surface area contributed by atoms with Gasteiger partial charge in [0.1, 0.15) is 11.9 Å². The number of carbonyl (C=O) groups excluding carboxylic acids is 2. The first kappa shape index (κ1) is 27.8. The van der Waals surface area contributed by atoms with Crippen molar-refractivity contribution in [1.82, 2.24) is 15.1 Å². The van der Waals surface area contributed by atoms with E-state index in [-0.39, 0.29) is 11.8 Å². The zero-order valence-corrected chi connectivity index (χ0v) is 24.7. The quantitative estimate of drug-likeness (QED) is 0.316. The fourth-order valence-corrected chi connectivity index (χ4v) is 6.55. The van der Waals surface area contributed by atoms with Crippen molar-refractivity contribution in [2.75, 3.05) is 26.2 Å². The molecule has 6 rings (SSSR count). The Morgan fingerprint density at radius 3 is 2.31 bits per heavy atom. The smallest absolute Gasteiger partial charge is 0.252 e. The van der Waals surface area contributed by atoms with E-state index >= 15 is 0 Å². The van der Waals surface area contributed by atoms with Gasteiger partial charge in [0.15, 0.2) is 0 Å². The van der Waals surface area contributed by atoms with Gasteiger partial charge in [0, 0.05) is 53.5 Å². The summed E-state index contributed by atoms with van der Waals surface area (Å²) in [5, 5.41) is 3.08. The molecule has 7 heteroatoms. The van der Waals surface area contributed by atoms with E-state index in [4.69, 9.17) is 4.99 Å². The van der Waals surface area contributed by atoms with E-state index in [1.54, 1.807) is 11.8 Å². The summed E-state index contributed by atoms with van der Waals surface area (Å²) >= 11 is 1.74. The van der Waals surface area contributed by atoms with Gasteiger partial charge in [-0.3, -0.25) is 9.59 Å². The van der Waals surface area contributed by atoms with Crippen molar-refractivity contribution in [3.8, 4) is 0 Å². The van der Waals surface area contributed by atoms with Gasteiger partial charge in [0.2, 0.25) is 5.91 Å². The number of amidine groups is 1. The average molecular weight is 575 g/mol. The second-order valence-electron chi connectivity index (χ2n) is 10.8. The molecule has 1 fully saturated rings. The number of hydrogen-bond acceptors (Lipinski definition) is 5. The molecule has 1 N–H and O–H groups in total. The summed E-state index contributed by atoms with van der Waals surface area (Å²) in [7, 11) is 0. The normalized spacial score (nSPS) is 15.1. The molecule has 2 aliphatic heterocycles. The van der Waals surface area contributed by atoms with Crippen LogP contribution >= 0.6 is 11.8 Å². The lowest BCUT2D eigenvalue weighted by Crippen LogP contribution is -2.56. The number of rotatable bonds is 5. The minimum Gasteiger partial charge on any atom is -0.353 e. The molecule has 42 heavy (non-hydrogen) atoms. The Morgan fingerprint density at radius 1 is 0.833 bits per heavy atom. The average Bonchev–Trinajstić information content (AvgIpc) is 3.19. The predicted molar refractivity (Wildman–Crippen MR) is 169 cm³/mol. The van der Waals surface area contributed by atoms with Crippen LogP contribution in [0.4, 0.5) is 5.69 Å². The molecule has 0 bridgehead atoms. The Balaban J connectivity index is 1.21. The number of aryl methyl sites for hydroxylation is 2. The maximum Gasteiger partial charge on any atom is 0.252 e. The molecule has 0 radical (unpaired) electrons. The summed E-state index contributed by atoms with van der Waals surface area (Å²) in [6, 6.07) is 31.7. The molecular formula is C35H34N4O2S. The standard InChI is InChI=1S/C35H34N4O2S/c1-24-16-17-25(2)28(22-24)34(40)37-30(23-26-10-4-3-5-11-26)35(41)39-20-18-38(19-21-39)33-27-12-6-8-14-31(27)42-32-15-9-7-13-29(32)36-33/h3-17,22,30H,18-21,23H2,1-2H3,(H,37,40). The molecule has 6 nitrogen and oxygen atoms in total. The maximum absolute atomic E-state index is 14.0. The molecule has 0 aliphatic carbocycles. The van der Waals surface area contributed by atoms with Crippen molar-refractivity contribution in [3.05, 3.63) is 125 Å². The summed E-state index contributed by atoms with van der Waals surface area (Å²) in [6.07, 6.45) is 0.435. The second-order valence-corrected chi connectivity index (χ2v) is 11.9. The van der Waals surface area contributed by atoms with Gasteiger partial charge in [-0.1, -0.05) is 90.1 Å². The van der Waals surface area contributed by atoms with Crippen molar-refractivity contribution in [1.29, 1.82) is 0 Å². The van der Waals surface area contributed by atoms with Gasteiger partial charge in [-0.05, 0) is 49.2 Å². The summed E-state index contributed by atoms with van der Waals surface area (Å²) in [4.78, 5) is 39.0. The van der Waals surface area contributed by atoms with Crippen LogP contribution < -0.4 is 5.32 Å². The fraction of sp³-hybridized carbons (Fsp3) is 0.229. The number of aliphatic imine (C=N–C) groups is 1. The summed E-state index contributed by atoms with van der Waals surface area (Å²) < 4.78 is 0. The van der Waals surface area contributed by atoms with Crippen molar-refractivity contribution in [2.45, 2.75) is 36.1 Å². The van der Waals surface area contributed by atoms with Crippen molar-refractivity contribution in [2.24, 2.45) is 4.99 Å². The summed E-state index contributed by atoms with van der Waals surface area (Å²) in [5.41, 5.74) is 5.59. The molecular weight excluding hydrogens is 540 g/mol. The van der Waals surface area contributed by atoms with Crippen LogP contribution in [0, 0.1) is 13.8 Å². The molecule has 0 spiro atoms. The molecule has 0 saturated carbocycles. The highest BCUT2D eigenvalue weighted by atomic mass is 32.2. The Bertz CT molecular complexity index is 1640. The lowest BCUT2D eigenvalue weighted by Gasteiger charge is -2.38. The number of para-hydroxylation sites is 1. The van der Waals surface area contributed by atoms with Gasteiger partial charge in [0.25, 0.3) is 5.91 Å². The van der Waals surface area contributed by atoms with Crippen molar-refractivity contribution in [3.63, 3.8) is 0 Å². The van der Waals surface area contributed by atoms with Crippen LogP contribution in [0.3, 0.4) is 0 Å². The van der Waals surface area contributed by atoms with Crippen LogP contribution in [0.5, 0.6) is 0 Å². The number of nitrogens with one attached hydrogen (secondary N) is 1. The predicted octanol–water partition coefficient (Wildman–Crippen LogP) is 6.03. The highest BCUT2D eigenvalue weighted by molar-refractivity contribution is 7.99. The van der Waals surface area contributed by atoms with Gasteiger partial charge in [-0.15, -0.1) is 0 Å². The van der Waals surface area contributed by atoms with E-state index in [0.29, 0.717) is 38.2 Å². The lowest BCUT2D eigenvalue weighted by molar-refractivity contribution is -0.134. The third-order valence-corrected chi connectivity index (χ3v) is 9.00. The zero-order valence-electron chi connectivity index (χ0n) is 23.9. The number of fused-ring (bicyclic) bond motifs is 2. The molecule has 1 unspecified atom stereocenters. The van der Waals surface area contributed by atoms with Gasteiger partial charge < -0.3 is 15.1 Å². The Kier molecular flexibility index (Phi) is 8.11. The number of amides is 2. The Hall–Kier alpha value is -4.36. The third kappa shape index (κ3) is 5.97. The molecule has 2 heterocycles. The zero-order chi connectivity index (χ0) is 29.1. The van der Waals surface area contributed by atoms with Gasteiger partial charge >= 0.3 is 0 Å². The highest BCUT2D eigenvalue weighted by Gasteiger charge is 2.31. The second kappa shape index (κ2) is 12.2. The van der Waals surface area contributed by atoms with Crippen LogP contribution in [0.15, 0.2) is 112 Å². The Labute approximate surface area is 251 Å². The maximum atomic E-state index is 14.0. The van der Waals surface area contributed by atoms with Crippen LogP contribution in [0.25, 0.3) is 0 Å². The van der Waals surface area contributed by atoms with Crippen LogP contribution in [-0.4, -0.2) is 59.7 Å². The van der Waals surface area contributed by atoms with Crippen LogP contribution in [-0.2, 0) is 11.2 Å². The molecule has 4 aromatic carbocycles. The summed E-state index contributed by atoms with van der Waals surface area (Å²) in [5.74, 6) is 0.671. The number of piperazine rings is 1. The molecule has 212 valence electrons. The summed E-state index contributed by atoms with van der Waals surface area (Å²) in [6.45, 7) is 6.33. The number of nitrogens with zero attached hydrogens (tertiary/aromatic N) is 3. The van der Waals surface area contributed by atoms with Gasteiger partial charge in [0.05, 0.1) is 5.69 Å². The minimum absolute atomic E-state index is 0.0544. The number of carbonyl (C=O) groups is 2. The van der Waals surface area contributed by atoms with E-state index in [1.807, 2.05) is 79.4 Å². The molecule has 4 aromatic rings. The first-order valence-electron chi connectivity index (χ1n) is 14.4. The fourth-order valence-electron chi connectivity index (χ4n) is 5.54. The van der Waals surface area contributed by atoms with E-state index in [9.17, 15) is 9.59 Å². The molecule has 2 aliphatic rings. The van der Waals surface area contributed by atoms with Gasteiger partial charge in [-0.25, -0.2) is 4.99 Å².